The van der Waals surface area contributed by atoms with Crippen LogP contribution in [0.25, 0.3) is 6.08 Å². The monoisotopic (exact) mass is 286 g/mol. The smallest absolute Gasteiger partial charge is 0.244 e. The molecule has 1 amide bonds. The van der Waals surface area contributed by atoms with Crippen LogP contribution >= 0.6 is 0 Å². The van der Waals surface area contributed by atoms with E-state index in [9.17, 15) is 4.79 Å². The maximum atomic E-state index is 12.0. The van der Waals surface area contributed by atoms with E-state index in [1.807, 2.05) is 30.3 Å². The van der Waals surface area contributed by atoms with Gasteiger partial charge in [0.2, 0.25) is 5.91 Å². The van der Waals surface area contributed by atoms with Crippen molar-refractivity contribution >= 4 is 12.0 Å². The number of hydrogen-bond donors (Lipinski definition) is 1. The van der Waals surface area contributed by atoms with Crippen LogP contribution in [0.5, 0.6) is 5.75 Å². The lowest BCUT2D eigenvalue weighted by Gasteiger charge is -2.44. The normalized spacial score (nSPS) is 27.8. The molecule has 3 aliphatic heterocycles. The molecule has 2 bridgehead atoms. The fourth-order valence-corrected chi connectivity index (χ4v) is 3.25. The van der Waals surface area contributed by atoms with Gasteiger partial charge in [-0.3, -0.25) is 4.79 Å². The van der Waals surface area contributed by atoms with Gasteiger partial charge >= 0.3 is 0 Å². The zero-order chi connectivity index (χ0) is 14.7. The first kappa shape index (κ1) is 14.1. The summed E-state index contributed by atoms with van der Waals surface area (Å²) in [6, 6.07) is 7.99. The minimum Gasteiger partial charge on any atom is -0.497 e. The van der Waals surface area contributed by atoms with Crippen molar-refractivity contribution in [1.82, 2.24) is 10.2 Å². The van der Waals surface area contributed by atoms with E-state index in [1.165, 1.54) is 25.9 Å². The molecule has 0 aromatic heterocycles. The van der Waals surface area contributed by atoms with Gasteiger partial charge in [0, 0.05) is 18.7 Å². The summed E-state index contributed by atoms with van der Waals surface area (Å²) in [6.07, 6.45) is 5.90. The van der Waals surface area contributed by atoms with Gasteiger partial charge in [-0.25, -0.2) is 0 Å². The quantitative estimate of drug-likeness (QED) is 0.860. The van der Waals surface area contributed by atoms with Crippen molar-refractivity contribution in [3.05, 3.63) is 35.9 Å². The van der Waals surface area contributed by atoms with E-state index < -0.39 is 0 Å². The average Bonchev–Trinajstić information content (AvgIpc) is 2.54. The van der Waals surface area contributed by atoms with E-state index in [1.54, 1.807) is 13.2 Å². The molecule has 1 unspecified atom stereocenters. The summed E-state index contributed by atoms with van der Waals surface area (Å²) < 4.78 is 5.12. The first-order valence-corrected chi connectivity index (χ1v) is 7.59. The molecule has 1 aromatic rings. The van der Waals surface area contributed by atoms with Gasteiger partial charge < -0.3 is 15.0 Å². The topological polar surface area (TPSA) is 41.6 Å². The Kier molecular flexibility index (Phi) is 4.25. The summed E-state index contributed by atoms with van der Waals surface area (Å²) in [5.74, 6) is 1.49. The van der Waals surface area contributed by atoms with Crippen LogP contribution in [0, 0.1) is 5.92 Å². The van der Waals surface area contributed by atoms with Crippen LogP contribution < -0.4 is 10.1 Å². The first-order chi connectivity index (χ1) is 10.2. The van der Waals surface area contributed by atoms with Gasteiger partial charge in [-0.2, -0.15) is 0 Å². The number of carbonyl (C=O) groups is 1. The second kappa shape index (κ2) is 6.31. The van der Waals surface area contributed by atoms with Crippen LogP contribution in [0.1, 0.15) is 18.4 Å². The molecule has 4 nitrogen and oxygen atoms in total. The molecule has 0 saturated carbocycles. The molecule has 3 saturated heterocycles. The number of benzene rings is 1. The van der Waals surface area contributed by atoms with E-state index >= 15 is 0 Å². The predicted molar refractivity (Wildman–Crippen MR) is 83.1 cm³/mol. The molecule has 21 heavy (non-hydrogen) atoms. The average molecular weight is 286 g/mol. The van der Waals surface area contributed by atoms with E-state index in [0.29, 0.717) is 12.0 Å². The Bertz CT molecular complexity index is 516. The standard InChI is InChI=1S/C17H22N2O2/c1-21-15-5-2-13(3-6-15)4-7-17(20)18-16-12-19-10-8-14(16)9-11-19/h2-7,14,16H,8-12H2,1H3,(H,18,20). The maximum Gasteiger partial charge on any atom is 0.244 e. The van der Waals surface area contributed by atoms with Crippen molar-refractivity contribution in [2.75, 3.05) is 26.7 Å². The molecule has 1 aromatic carbocycles. The SMILES string of the molecule is COc1ccc(C=CC(=O)NC2CN3CCC2CC3)cc1. The minimum atomic E-state index is 0.00423. The highest BCUT2D eigenvalue weighted by Gasteiger charge is 2.34. The molecule has 0 aliphatic carbocycles. The second-order valence-electron chi connectivity index (χ2n) is 5.86. The lowest BCUT2D eigenvalue weighted by atomic mass is 9.84. The van der Waals surface area contributed by atoms with Crippen LogP contribution in [-0.4, -0.2) is 43.6 Å². The molecular formula is C17H22N2O2. The largest absolute Gasteiger partial charge is 0.497 e. The third-order valence-corrected chi connectivity index (χ3v) is 4.53. The van der Waals surface area contributed by atoms with Gasteiger partial charge in [0.1, 0.15) is 5.75 Å². The van der Waals surface area contributed by atoms with Gasteiger partial charge in [-0.05, 0) is 55.6 Å². The van der Waals surface area contributed by atoms with E-state index in [-0.39, 0.29) is 5.91 Å². The van der Waals surface area contributed by atoms with E-state index in [4.69, 9.17) is 4.74 Å². The van der Waals surface area contributed by atoms with Gasteiger partial charge in [0.25, 0.3) is 0 Å². The second-order valence-corrected chi connectivity index (χ2v) is 5.86. The Morgan fingerprint density at radius 1 is 1.29 bits per heavy atom. The molecule has 1 atom stereocenters. The van der Waals surface area contributed by atoms with E-state index in [0.717, 1.165) is 17.9 Å². The number of rotatable bonds is 4. The summed E-state index contributed by atoms with van der Waals surface area (Å²) in [5, 5.41) is 3.15. The number of fused-ring (bicyclic) bond motifs is 3. The molecule has 0 spiro atoms. The van der Waals surface area contributed by atoms with Gasteiger partial charge in [-0.1, -0.05) is 12.1 Å². The number of carbonyl (C=O) groups excluding carboxylic acids is 1. The maximum absolute atomic E-state index is 12.0. The van der Waals surface area contributed by atoms with Crippen molar-refractivity contribution < 1.29 is 9.53 Å². The molecular weight excluding hydrogens is 264 g/mol. The summed E-state index contributed by atoms with van der Waals surface area (Å²) in [7, 11) is 1.65. The highest BCUT2D eigenvalue weighted by Crippen LogP contribution is 2.27. The van der Waals surface area contributed by atoms with Crippen molar-refractivity contribution in [1.29, 1.82) is 0 Å². The number of ether oxygens (including phenoxy) is 1. The Labute approximate surface area is 125 Å². The molecule has 0 radical (unpaired) electrons. The molecule has 4 rings (SSSR count). The van der Waals surface area contributed by atoms with Crippen LogP contribution in [0.4, 0.5) is 0 Å². The molecule has 4 heteroatoms. The Balaban J connectivity index is 1.54. The van der Waals surface area contributed by atoms with Crippen molar-refractivity contribution in [3.63, 3.8) is 0 Å². The fraction of sp³-hybridized carbons (Fsp3) is 0.471. The molecule has 1 N–H and O–H groups in total. The Morgan fingerprint density at radius 2 is 2.00 bits per heavy atom. The Hall–Kier alpha value is -1.81. The third kappa shape index (κ3) is 3.45. The fourth-order valence-electron chi connectivity index (χ4n) is 3.25. The summed E-state index contributed by atoms with van der Waals surface area (Å²) in [6.45, 7) is 3.39. The van der Waals surface area contributed by atoms with Crippen LogP contribution in [0.2, 0.25) is 0 Å². The minimum absolute atomic E-state index is 0.00423. The first-order valence-electron chi connectivity index (χ1n) is 7.59. The third-order valence-electron chi connectivity index (χ3n) is 4.53. The summed E-state index contributed by atoms with van der Waals surface area (Å²) in [5.41, 5.74) is 1.000. The number of nitrogens with one attached hydrogen (secondary N) is 1. The highest BCUT2D eigenvalue weighted by molar-refractivity contribution is 5.92. The van der Waals surface area contributed by atoms with Gasteiger partial charge in [0.15, 0.2) is 0 Å². The van der Waals surface area contributed by atoms with E-state index in [2.05, 4.69) is 10.2 Å². The zero-order valence-corrected chi connectivity index (χ0v) is 12.4. The number of nitrogens with zero attached hydrogens (tertiary/aromatic N) is 1. The lowest BCUT2D eigenvalue weighted by Crippen LogP contribution is -2.57. The molecule has 112 valence electrons. The summed E-state index contributed by atoms with van der Waals surface area (Å²) in [4.78, 5) is 14.5. The number of piperidine rings is 3. The van der Waals surface area contributed by atoms with Crippen molar-refractivity contribution in [3.8, 4) is 5.75 Å². The van der Waals surface area contributed by atoms with Gasteiger partial charge in [0.05, 0.1) is 7.11 Å². The predicted octanol–water partition coefficient (Wildman–Crippen LogP) is 1.92. The number of amides is 1. The van der Waals surface area contributed by atoms with Gasteiger partial charge in [-0.15, -0.1) is 0 Å². The molecule has 3 fully saturated rings. The van der Waals surface area contributed by atoms with Crippen LogP contribution in [-0.2, 0) is 4.79 Å². The number of methoxy groups -OCH3 is 1. The molecule has 3 heterocycles. The van der Waals surface area contributed by atoms with Crippen molar-refractivity contribution in [2.24, 2.45) is 5.92 Å². The van der Waals surface area contributed by atoms with Crippen LogP contribution in [0.15, 0.2) is 30.3 Å². The number of hydrogen-bond acceptors (Lipinski definition) is 3. The Morgan fingerprint density at radius 3 is 2.57 bits per heavy atom. The van der Waals surface area contributed by atoms with Crippen LogP contribution in [0.3, 0.4) is 0 Å². The highest BCUT2D eigenvalue weighted by atomic mass is 16.5. The molecule has 3 aliphatic rings. The summed E-state index contributed by atoms with van der Waals surface area (Å²) >= 11 is 0. The van der Waals surface area contributed by atoms with Crippen molar-refractivity contribution in [2.45, 2.75) is 18.9 Å². The lowest BCUT2D eigenvalue weighted by molar-refractivity contribution is -0.118. The zero-order valence-electron chi connectivity index (χ0n) is 12.4.